The maximum Gasteiger partial charge on any atom is 0.306 e. The van der Waals surface area contributed by atoms with E-state index in [1.165, 1.54) is 128 Å². The number of hydrogen-bond donors (Lipinski definition) is 0. The van der Waals surface area contributed by atoms with Crippen molar-refractivity contribution in [2.45, 2.75) is 271 Å². The van der Waals surface area contributed by atoms with Gasteiger partial charge in [0.25, 0.3) is 0 Å². The first-order valence-corrected chi connectivity index (χ1v) is 27.4. The molecule has 1 atom stereocenters. The van der Waals surface area contributed by atoms with E-state index in [1.807, 2.05) is 6.08 Å². The molecule has 0 saturated heterocycles. The Kier molecular flexibility index (Phi) is 50.9. The van der Waals surface area contributed by atoms with Crippen LogP contribution < -0.4 is 0 Å². The average molecular weight is 907 g/mol. The Labute approximate surface area is 402 Å². The molecule has 374 valence electrons. The van der Waals surface area contributed by atoms with E-state index in [1.54, 1.807) is 0 Å². The van der Waals surface area contributed by atoms with Gasteiger partial charge in [0, 0.05) is 19.3 Å². The fourth-order valence-corrected chi connectivity index (χ4v) is 7.59. The number of allylic oxidation sites excluding steroid dienone is 12. The zero-order valence-corrected chi connectivity index (χ0v) is 42.7. The highest BCUT2D eigenvalue weighted by Crippen LogP contribution is 2.16. The number of hydrogen-bond acceptors (Lipinski definition) is 6. The summed E-state index contributed by atoms with van der Waals surface area (Å²) in [6.07, 6.45) is 67.7. The highest BCUT2D eigenvalue weighted by Gasteiger charge is 2.19. The molecule has 0 radical (unpaired) electrons. The summed E-state index contributed by atoms with van der Waals surface area (Å²) in [5.41, 5.74) is 0. The summed E-state index contributed by atoms with van der Waals surface area (Å²) in [5.74, 6) is -0.995. The summed E-state index contributed by atoms with van der Waals surface area (Å²) in [4.78, 5) is 38.0. The Balaban J connectivity index is 4.39. The molecule has 0 bridgehead atoms. The van der Waals surface area contributed by atoms with Crippen LogP contribution in [0.1, 0.15) is 265 Å². The molecule has 0 aliphatic carbocycles. The SMILES string of the molecule is CC/C=C\C/C=C\C/C=C\C/C=C\CCC(=O)OCC(COC(=O)CCCCCCCCCCCCCCCCCCCCCC)OC(=O)CCCCCCC/C=C\C/C=C\CCCC. The quantitative estimate of drug-likeness (QED) is 0.0262. The predicted molar refractivity (Wildman–Crippen MR) is 279 cm³/mol. The fourth-order valence-electron chi connectivity index (χ4n) is 7.59. The van der Waals surface area contributed by atoms with Crippen LogP contribution in [0.3, 0.4) is 0 Å². The lowest BCUT2D eigenvalue weighted by Crippen LogP contribution is -2.30. The lowest BCUT2D eigenvalue weighted by Gasteiger charge is -2.18. The summed E-state index contributed by atoms with van der Waals surface area (Å²) >= 11 is 0. The molecule has 65 heavy (non-hydrogen) atoms. The number of carbonyl (C=O) groups is 3. The van der Waals surface area contributed by atoms with Crippen LogP contribution in [0.2, 0.25) is 0 Å². The van der Waals surface area contributed by atoms with Gasteiger partial charge in [-0.2, -0.15) is 0 Å². The van der Waals surface area contributed by atoms with Gasteiger partial charge in [0.2, 0.25) is 0 Å². The van der Waals surface area contributed by atoms with Crippen LogP contribution in [0.25, 0.3) is 0 Å². The van der Waals surface area contributed by atoms with Crippen molar-refractivity contribution in [3.05, 3.63) is 72.9 Å². The molecule has 0 amide bonds. The topological polar surface area (TPSA) is 78.9 Å². The summed E-state index contributed by atoms with van der Waals surface area (Å²) in [5, 5.41) is 0. The van der Waals surface area contributed by atoms with Gasteiger partial charge in [-0.15, -0.1) is 0 Å². The smallest absolute Gasteiger partial charge is 0.306 e. The molecule has 0 spiro atoms. The molecule has 6 nitrogen and oxygen atoms in total. The van der Waals surface area contributed by atoms with Gasteiger partial charge in [0.05, 0.1) is 0 Å². The molecule has 0 aromatic heterocycles. The van der Waals surface area contributed by atoms with Gasteiger partial charge in [-0.25, -0.2) is 0 Å². The minimum absolute atomic E-state index is 0.101. The molecule has 0 aliphatic heterocycles. The second-order valence-corrected chi connectivity index (χ2v) is 18.1. The third kappa shape index (κ3) is 51.7. The molecule has 0 N–H and O–H groups in total. The van der Waals surface area contributed by atoms with Crippen LogP contribution in [0.4, 0.5) is 0 Å². The minimum Gasteiger partial charge on any atom is -0.462 e. The predicted octanol–water partition coefficient (Wildman–Crippen LogP) is 18.2. The Hall–Kier alpha value is -3.15. The highest BCUT2D eigenvalue weighted by molar-refractivity contribution is 5.71. The Morgan fingerprint density at radius 2 is 0.646 bits per heavy atom. The zero-order valence-electron chi connectivity index (χ0n) is 42.7. The molecule has 1 unspecified atom stereocenters. The molecule has 0 fully saturated rings. The second kappa shape index (κ2) is 53.5. The van der Waals surface area contributed by atoms with Crippen molar-refractivity contribution in [1.29, 1.82) is 0 Å². The van der Waals surface area contributed by atoms with E-state index in [0.29, 0.717) is 19.3 Å². The summed E-state index contributed by atoms with van der Waals surface area (Å²) < 4.78 is 16.7. The van der Waals surface area contributed by atoms with Gasteiger partial charge in [-0.1, -0.05) is 248 Å². The van der Waals surface area contributed by atoms with E-state index in [2.05, 4.69) is 87.6 Å². The third-order valence-corrected chi connectivity index (χ3v) is 11.7. The normalized spacial score (nSPS) is 12.6. The Morgan fingerprint density at radius 1 is 0.323 bits per heavy atom. The number of esters is 3. The fraction of sp³-hybridized carbons (Fsp3) is 0.746. The molecule has 0 saturated carbocycles. The van der Waals surface area contributed by atoms with Crippen molar-refractivity contribution < 1.29 is 28.6 Å². The molecular formula is C59H102O6. The van der Waals surface area contributed by atoms with E-state index >= 15 is 0 Å². The summed E-state index contributed by atoms with van der Waals surface area (Å²) in [7, 11) is 0. The maximum atomic E-state index is 12.8. The van der Waals surface area contributed by atoms with Crippen molar-refractivity contribution >= 4 is 17.9 Å². The number of unbranched alkanes of at least 4 members (excludes halogenated alkanes) is 26. The van der Waals surface area contributed by atoms with Crippen LogP contribution in [-0.2, 0) is 28.6 Å². The first-order chi connectivity index (χ1) is 32.0. The Morgan fingerprint density at radius 3 is 1.08 bits per heavy atom. The molecule has 0 aliphatic rings. The van der Waals surface area contributed by atoms with Crippen molar-refractivity contribution in [3.63, 3.8) is 0 Å². The van der Waals surface area contributed by atoms with Gasteiger partial charge in [-0.3, -0.25) is 14.4 Å². The lowest BCUT2D eigenvalue weighted by molar-refractivity contribution is -0.166. The van der Waals surface area contributed by atoms with Crippen molar-refractivity contribution in [3.8, 4) is 0 Å². The molecule has 0 rings (SSSR count). The third-order valence-electron chi connectivity index (χ3n) is 11.7. The van der Waals surface area contributed by atoms with Crippen LogP contribution in [0.5, 0.6) is 0 Å². The van der Waals surface area contributed by atoms with Crippen molar-refractivity contribution in [2.24, 2.45) is 0 Å². The van der Waals surface area contributed by atoms with Crippen LogP contribution >= 0.6 is 0 Å². The first-order valence-electron chi connectivity index (χ1n) is 27.4. The molecular weight excluding hydrogens is 805 g/mol. The molecule has 0 aromatic rings. The van der Waals surface area contributed by atoms with Crippen molar-refractivity contribution in [1.82, 2.24) is 0 Å². The van der Waals surface area contributed by atoms with Gasteiger partial charge in [0.1, 0.15) is 13.2 Å². The van der Waals surface area contributed by atoms with Crippen LogP contribution in [0.15, 0.2) is 72.9 Å². The lowest BCUT2D eigenvalue weighted by atomic mass is 10.0. The molecule has 6 heteroatoms. The number of ether oxygens (including phenoxy) is 3. The summed E-state index contributed by atoms with van der Waals surface area (Å²) in [6.45, 7) is 6.42. The summed E-state index contributed by atoms with van der Waals surface area (Å²) in [6, 6.07) is 0. The van der Waals surface area contributed by atoms with E-state index in [0.717, 1.165) is 89.9 Å². The van der Waals surface area contributed by atoms with E-state index < -0.39 is 6.10 Å². The van der Waals surface area contributed by atoms with E-state index in [9.17, 15) is 14.4 Å². The molecule has 0 heterocycles. The average Bonchev–Trinajstić information content (AvgIpc) is 3.30. The van der Waals surface area contributed by atoms with Crippen molar-refractivity contribution in [2.75, 3.05) is 13.2 Å². The van der Waals surface area contributed by atoms with Gasteiger partial charge in [-0.05, 0) is 70.6 Å². The van der Waals surface area contributed by atoms with Crippen LogP contribution in [-0.4, -0.2) is 37.2 Å². The standard InChI is InChI=1S/C59H102O6/c1-4-7-10-13-16-19-22-25-27-28-29-30-31-32-35-37-40-43-46-49-52-58(61)64-55-56(54-63-57(60)51-48-45-42-39-36-33-24-21-18-15-12-9-6-3)65-59(62)53-50-47-44-41-38-34-26-23-20-17-14-11-8-5-2/h9,12,14,17-18,21,23,26,33,36,42,45,56H,4-8,10-11,13,15-16,19-20,22,24-25,27-32,34-35,37-41,43-44,46-55H2,1-3H3/b12-9-,17-14-,21-18-,26-23-,36-33-,45-42-. The van der Waals surface area contributed by atoms with Gasteiger partial charge < -0.3 is 14.2 Å². The van der Waals surface area contributed by atoms with Crippen LogP contribution in [0, 0.1) is 0 Å². The first kappa shape index (κ1) is 61.9. The minimum atomic E-state index is -0.809. The zero-order chi connectivity index (χ0) is 47.2. The number of carbonyl (C=O) groups excluding carboxylic acids is 3. The molecule has 0 aromatic carbocycles. The second-order valence-electron chi connectivity index (χ2n) is 18.1. The van der Waals surface area contributed by atoms with Gasteiger partial charge >= 0.3 is 17.9 Å². The Bertz CT molecular complexity index is 1230. The maximum absolute atomic E-state index is 12.8. The van der Waals surface area contributed by atoms with E-state index in [-0.39, 0.29) is 37.5 Å². The van der Waals surface area contributed by atoms with E-state index in [4.69, 9.17) is 14.2 Å². The largest absolute Gasteiger partial charge is 0.462 e. The highest BCUT2D eigenvalue weighted by atomic mass is 16.6. The number of rotatable bonds is 49. The monoisotopic (exact) mass is 907 g/mol. The van der Waals surface area contributed by atoms with Gasteiger partial charge in [0.15, 0.2) is 6.10 Å².